The molecule has 0 aromatic carbocycles. The molecule has 3 aliphatic heterocycles. The van der Waals surface area contributed by atoms with Gasteiger partial charge >= 0.3 is 0 Å². The summed E-state index contributed by atoms with van der Waals surface area (Å²) in [5.41, 5.74) is 0. The first-order valence-corrected chi connectivity index (χ1v) is 7.48. The molecule has 0 aromatic heterocycles. The van der Waals surface area contributed by atoms with Crippen LogP contribution in [0.3, 0.4) is 0 Å². The molecule has 4 nitrogen and oxygen atoms in total. The summed E-state index contributed by atoms with van der Waals surface area (Å²) in [6.07, 6.45) is 6.70. The fourth-order valence-electron chi connectivity index (χ4n) is 3.70. The topological polar surface area (TPSA) is 41.6 Å². The predicted molar refractivity (Wildman–Crippen MR) is 69.3 cm³/mol. The van der Waals surface area contributed by atoms with Gasteiger partial charge in [0.1, 0.15) is 0 Å². The molecule has 4 heteroatoms. The number of carbonyl (C=O) groups is 1. The molecule has 3 heterocycles. The largest absolute Gasteiger partial charge is 0.381 e. The standard InChI is InChI=1S/C14H24N2O2/c17-14(11-5-9-18-10-6-11)16-8-2-4-13(16)12-3-1-7-15-12/h11-13,15H,1-10H2. The summed E-state index contributed by atoms with van der Waals surface area (Å²) in [6.45, 7) is 3.62. The molecule has 0 radical (unpaired) electrons. The Balaban J connectivity index is 1.63. The third kappa shape index (κ3) is 2.41. The number of rotatable bonds is 2. The maximum Gasteiger partial charge on any atom is 0.226 e. The molecule has 3 aliphatic rings. The summed E-state index contributed by atoms with van der Waals surface area (Å²) in [6, 6.07) is 1.01. The van der Waals surface area contributed by atoms with Crippen molar-refractivity contribution in [3.63, 3.8) is 0 Å². The van der Waals surface area contributed by atoms with Crippen LogP contribution in [-0.2, 0) is 9.53 Å². The molecule has 18 heavy (non-hydrogen) atoms. The van der Waals surface area contributed by atoms with E-state index in [0.717, 1.165) is 39.1 Å². The van der Waals surface area contributed by atoms with Gasteiger partial charge in [0, 0.05) is 37.8 Å². The van der Waals surface area contributed by atoms with Crippen molar-refractivity contribution in [2.24, 2.45) is 5.92 Å². The normalized spacial score (nSPS) is 34.1. The number of amides is 1. The highest BCUT2D eigenvalue weighted by atomic mass is 16.5. The monoisotopic (exact) mass is 252 g/mol. The minimum absolute atomic E-state index is 0.223. The lowest BCUT2D eigenvalue weighted by Gasteiger charge is -2.33. The van der Waals surface area contributed by atoms with Gasteiger partial charge in [-0.15, -0.1) is 0 Å². The van der Waals surface area contributed by atoms with Crippen molar-refractivity contribution in [3.05, 3.63) is 0 Å². The quantitative estimate of drug-likeness (QED) is 0.802. The van der Waals surface area contributed by atoms with Gasteiger partial charge in [-0.25, -0.2) is 0 Å². The molecule has 2 unspecified atom stereocenters. The van der Waals surface area contributed by atoms with Crippen molar-refractivity contribution in [2.75, 3.05) is 26.3 Å². The van der Waals surface area contributed by atoms with Crippen LogP contribution >= 0.6 is 0 Å². The van der Waals surface area contributed by atoms with E-state index in [1.54, 1.807) is 0 Å². The molecule has 0 bridgehead atoms. The summed E-state index contributed by atoms with van der Waals surface area (Å²) in [5, 5.41) is 3.57. The van der Waals surface area contributed by atoms with E-state index in [0.29, 0.717) is 18.0 Å². The zero-order valence-corrected chi connectivity index (χ0v) is 11.1. The fraction of sp³-hybridized carbons (Fsp3) is 0.929. The predicted octanol–water partition coefficient (Wildman–Crippen LogP) is 1.16. The number of nitrogens with one attached hydrogen (secondary N) is 1. The van der Waals surface area contributed by atoms with Gasteiger partial charge in [-0.3, -0.25) is 4.79 Å². The highest BCUT2D eigenvalue weighted by Gasteiger charge is 2.38. The Bertz CT molecular complexity index is 296. The van der Waals surface area contributed by atoms with Crippen LogP contribution in [0.5, 0.6) is 0 Å². The molecule has 102 valence electrons. The van der Waals surface area contributed by atoms with Crippen LogP contribution in [0.2, 0.25) is 0 Å². The van der Waals surface area contributed by atoms with E-state index in [2.05, 4.69) is 10.2 Å². The summed E-state index contributed by atoms with van der Waals surface area (Å²) < 4.78 is 5.36. The van der Waals surface area contributed by atoms with Gasteiger partial charge in [0.05, 0.1) is 0 Å². The van der Waals surface area contributed by atoms with Gasteiger partial charge in [-0.2, -0.15) is 0 Å². The number of hydrogen-bond acceptors (Lipinski definition) is 3. The number of carbonyl (C=O) groups excluding carboxylic acids is 1. The SMILES string of the molecule is O=C(C1CCOCC1)N1CCCC1C1CCCN1. The Morgan fingerprint density at radius 3 is 2.67 bits per heavy atom. The molecule has 3 rings (SSSR count). The van der Waals surface area contributed by atoms with Crippen LogP contribution in [0.1, 0.15) is 38.5 Å². The van der Waals surface area contributed by atoms with E-state index in [4.69, 9.17) is 4.74 Å². The summed E-state index contributed by atoms with van der Waals surface area (Å²) in [4.78, 5) is 14.8. The number of likely N-dealkylation sites (tertiary alicyclic amines) is 1. The van der Waals surface area contributed by atoms with Gasteiger partial charge in [-0.05, 0) is 45.1 Å². The minimum atomic E-state index is 0.223. The first-order chi connectivity index (χ1) is 8.86. The average molecular weight is 252 g/mol. The van der Waals surface area contributed by atoms with Crippen molar-refractivity contribution >= 4 is 5.91 Å². The van der Waals surface area contributed by atoms with Gasteiger partial charge in [0.2, 0.25) is 5.91 Å². The summed E-state index contributed by atoms with van der Waals surface area (Å²) in [7, 11) is 0. The highest BCUT2D eigenvalue weighted by Crippen LogP contribution is 2.28. The van der Waals surface area contributed by atoms with Crippen LogP contribution in [0.4, 0.5) is 0 Å². The number of ether oxygens (including phenoxy) is 1. The van der Waals surface area contributed by atoms with E-state index in [-0.39, 0.29) is 5.92 Å². The summed E-state index contributed by atoms with van der Waals surface area (Å²) in [5.74, 6) is 0.621. The maximum absolute atomic E-state index is 12.6. The molecule has 1 amide bonds. The molecule has 0 aliphatic carbocycles. The molecule has 0 saturated carbocycles. The summed E-state index contributed by atoms with van der Waals surface area (Å²) >= 11 is 0. The minimum Gasteiger partial charge on any atom is -0.381 e. The van der Waals surface area contributed by atoms with E-state index in [1.165, 1.54) is 25.7 Å². The molecular weight excluding hydrogens is 228 g/mol. The third-order valence-corrected chi connectivity index (χ3v) is 4.72. The maximum atomic E-state index is 12.6. The van der Waals surface area contributed by atoms with Crippen molar-refractivity contribution in [1.82, 2.24) is 10.2 Å². The van der Waals surface area contributed by atoms with Gasteiger partial charge in [0.15, 0.2) is 0 Å². The van der Waals surface area contributed by atoms with E-state index in [1.807, 2.05) is 0 Å². The zero-order chi connectivity index (χ0) is 12.4. The third-order valence-electron chi connectivity index (χ3n) is 4.72. The van der Waals surface area contributed by atoms with Gasteiger partial charge < -0.3 is 15.0 Å². The van der Waals surface area contributed by atoms with Crippen molar-refractivity contribution in [3.8, 4) is 0 Å². The van der Waals surface area contributed by atoms with Crippen molar-refractivity contribution < 1.29 is 9.53 Å². The highest BCUT2D eigenvalue weighted by molar-refractivity contribution is 5.79. The van der Waals surface area contributed by atoms with Crippen molar-refractivity contribution in [2.45, 2.75) is 50.6 Å². The molecule has 0 spiro atoms. The van der Waals surface area contributed by atoms with Crippen LogP contribution < -0.4 is 5.32 Å². The van der Waals surface area contributed by atoms with E-state index in [9.17, 15) is 4.79 Å². The second kappa shape index (κ2) is 5.57. The lowest BCUT2D eigenvalue weighted by molar-refractivity contribution is -0.139. The Morgan fingerprint density at radius 1 is 1.11 bits per heavy atom. The lowest BCUT2D eigenvalue weighted by atomic mass is 9.97. The number of hydrogen-bond donors (Lipinski definition) is 1. The first-order valence-electron chi connectivity index (χ1n) is 7.48. The second-order valence-corrected chi connectivity index (χ2v) is 5.83. The van der Waals surface area contributed by atoms with Crippen LogP contribution in [0.25, 0.3) is 0 Å². The zero-order valence-electron chi connectivity index (χ0n) is 11.1. The van der Waals surface area contributed by atoms with E-state index < -0.39 is 0 Å². The molecular formula is C14H24N2O2. The molecule has 1 N–H and O–H groups in total. The van der Waals surface area contributed by atoms with Crippen LogP contribution in [-0.4, -0.2) is 49.2 Å². The Hall–Kier alpha value is -0.610. The van der Waals surface area contributed by atoms with Crippen LogP contribution in [0.15, 0.2) is 0 Å². The Kier molecular flexibility index (Phi) is 3.85. The average Bonchev–Trinajstić information content (AvgIpc) is 3.09. The molecule has 2 atom stereocenters. The smallest absolute Gasteiger partial charge is 0.226 e. The Morgan fingerprint density at radius 2 is 1.94 bits per heavy atom. The first kappa shape index (κ1) is 12.4. The van der Waals surface area contributed by atoms with Crippen molar-refractivity contribution in [1.29, 1.82) is 0 Å². The second-order valence-electron chi connectivity index (χ2n) is 5.83. The molecule has 3 fully saturated rings. The molecule has 3 saturated heterocycles. The van der Waals surface area contributed by atoms with E-state index >= 15 is 0 Å². The molecule has 0 aromatic rings. The lowest BCUT2D eigenvalue weighted by Crippen LogP contribution is -2.49. The van der Waals surface area contributed by atoms with Gasteiger partial charge in [0.25, 0.3) is 0 Å². The fourth-order valence-corrected chi connectivity index (χ4v) is 3.70. The Labute approximate surface area is 109 Å². The van der Waals surface area contributed by atoms with Gasteiger partial charge in [-0.1, -0.05) is 0 Å². The number of nitrogens with zero attached hydrogens (tertiary/aromatic N) is 1. The van der Waals surface area contributed by atoms with Crippen LogP contribution in [0, 0.1) is 5.92 Å².